The molecule has 1 N–H and O–H groups in total. The minimum Gasteiger partial charge on any atom is -0.343 e. The zero-order valence-electron chi connectivity index (χ0n) is 12.2. The molecule has 0 aliphatic heterocycles. The van der Waals surface area contributed by atoms with E-state index in [-0.39, 0.29) is 11.9 Å². The molecule has 0 spiro atoms. The number of hydrogen-bond acceptors (Lipinski definition) is 5. The minimum absolute atomic E-state index is 0.136. The van der Waals surface area contributed by atoms with Crippen LogP contribution in [0.2, 0.25) is 0 Å². The van der Waals surface area contributed by atoms with Gasteiger partial charge in [-0.25, -0.2) is 0 Å². The molecule has 21 heavy (non-hydrogen) atoms. The van der Waals surface area contributed by atoms with Gasteiger partial charge in [-0.3, -0.25) is 4.79 Å². The van der Waals surface area contributed by atoms with Crippen LogP contribution in [0.15, 0.2) is 28.7 Å². The van der Waals surface area contributed by atoms with E-state index >= 15 is 0 Å². The summed E-state index contributed by atoms with van der Waals surface area (Å²) in [5.74, 6) is 1.56. The molecule has 0 saturated heterocycles. The van der Waals surface area contributed by atoms with E-state index in [1.807, 2.05) is 42.1 Å². The van der Waals surface area contributed by atoms with E-state index in [1.54, 1.807) is 29.2 Å². The van der Waals surface area contributed by atoms with E-state index in [2.05, 4.69) is 22.4 Å². The van der Waals surface area contributed by atoms with Crippen LogP contribution in [0.4, 0.5) is 0 Å². The Hall–Kier alpha value is -1.60. The fourth-order valence-electron chi connectivity index (χ4n) is 1.83. The Morgan fingerprint density at radius 3 is 3.05 bits per heavy atom. The van der Waals surface area contributed by atoms with Gasteiger partial charge in [0.15, 0.2) is 11.0 Å². The summed E-state index contributed by atoms with van der Waals surface area (Å²) >= 11 is 3.23. The molecule has 0 aromatic carbocycles. The Morgan fingerprint density at radius 1 is 1.57 bits per heavy atom. The summed E-state index contributed by atoms with van der Waals surface area (Å²) in [7, 11) is 1.91. The van der Waals surface area contributed by atoms with Crippen LogP contribution in [0.25, 0.3) is 6.08 Å². The van der Waals surface area contributed by atoms with Crippen molar-refractivity contribution >= 4 is 35.1 Å². The Bertz CT molecular complexity index is 619. The number of carbonyl (C=O) groups is 1. The maximum atomic E-state index is 11.9. The van der Waals surface area contributed by atoms with Crippen LogP contribution >= 0.6 is 23.1 Å². The van der Waals surface area contributed by atoms with Crippen LogP contribution in [0.5, 0.6) is 0 Å². The van der Waals surface area contributed by atoms with Crippen molar-refractivity contribution in [3.63, 3.8) is 0 Å². The van der Waals surface area contributed by atoms with Crippen LogP contribution in [-0.2, 0) is 11.8 Å². The SMILES string of the molecule is CCSc1nnc(C(C)NC(=O)C=Cc2cccs2)n1C. The largest absolute Gasteiger partial charge is 0.343 e. The number of amides is 1. The third kappa shape index (κ3) is 4.18. The fourth-order valence-corrected chi connectivity index (χ4v) is 3.09. The van der Waals surface area contributed by atoms with Crippen LogP contribution in [0, 0.1) is 0 Å². The van der Waals surface area contributed by atoms with Crippen molar-refractivity contribution in [1.82, 2.24) is 20.1 Å². The molecule has 0 aliphatic carbocycles. The molecule has 2 rings (SSSR count). The first-order valence-electron chi connectivity index (χ1n) is 6.66. The lowest BCUT2D eigenvalue weighted by Crippen LogP contribution is -2.26. The standard InChI is InChI=1S/C14H18N4OS2/c1-4-20-14-17-16-13(18(14)3)10(2)15-12(19)8-7-11-6-5-9-21-11/h5-10H,4H2,1-3H3,(H,15,19). The van der Waals surface area contributed by atoms with Crippen LogP contribution < -0.4 is 5.32 Å². The van der Waals surface area contributed by atoms with Gasteiger partial charge in [-0.05, 0) is 30.2 Å². The first kappa shape index (κ1) is 15.8. The van der Waals surface area contributed by atoms with Gasteiger partial charge in [-0.2, -0.15) is 0 Å². The second kappa shape index (κ2) is 7.42. The van der Waals surface area contributed by atoms with Crippen molar-refractivity contribution in [2.24, 2.45) is 7.05 Å². The maximum absolute atomic E-state index is 11.9. The average Bonchev–Trinajstić information content (AvgIpc) is 3.08. The Balaban J connectivity index is 1.97. The van der Waals surface area contributed by atoms with Gasteiger partial charge in [0.05, 0.1) is 6.04 Å². The minimum atomic E-state index is -0.186. The molecule has 2 aromatic heterocycles. The molecule has 1 amide bonds. The highest BCUT2D eigenvalue weighted by atomic mass is 32.2. The fraction of sp³-hybridized carbons (Fsp3) is 0.357. The lowest BCUT2D eigenvalue weighted by molar-refractivity contribution is -0.117. The van der Waals surface area contributed by atoms with Crippen molar-refractivity contribution < 1.29 is 4.79 Å². The maximum Gasteiger partial charge on any atom is 0.244 e. The Labute approximate surface area is 132 Å². The zero-order chi connectivity index (χ0) is 15.2. The van der Waals surface area contributed by atoms with E-state index in [4.69, 9.17) is 0 Å². The Morgan fingerprint density at radius 2 is 2.38 bits per heavy atom. The molecular formula is C14H18N4OS2. The molecule has 1 unspecified atom stereocenters. The van der Waals surface area contributed by atoms with Crippen molar-refractivity contribution in [1.29, 1.82) is 0 Å². The van der Waals surface area contributed by atoms with Crippen molar-refractivity contribution in [2.45, 2.75) is 25.0 Å². The van der Waals surface area contributed by atoms with Gasteiger partial charge in [-0.1, -0.05) is 24.8 Å². The predicted molar refractivity (Wildman–Crippen MR) is 87.3 cm³/mol. The normalized spacial score (nSPS) is 12.7. The van der Waals surface area contributed by atoms with Crippen LogP contribution in [-0.4, -0.2) is 26.4 Å². The lowest BCUT2D eigenvalue weighted by atomic mass is 10.3. The quantitative estimate of drug-likeness (QED) is 0.656. The smallest absolute Gasteiger partial charge is 0.244 e. The number of rotatable bonds is 6. The van der Waals surface area contributed by atoms with E-state index in [1.165, 1.54) is 0 Å². The summed E-state index contributed by atoms with van der Waals surface area (Å²) in [4.78, 5) is 13.0. The summed E-state index contributed by atoms with van der Waals surface area (Å²) < 4.78 is 1.92. The first-order valence-corrected chi connectivity index (χ1v) is 8.52. The second-order valence-corrected chi connectivity index (χ2v) is 6.62. The molecule has 0 bridgehead atoms. The van der Waals surface area contributed by atoms with Gasteiger partial charge in [0, 0.05) is 18.0 Å². The highest BCUT2D eigenvalue weighted by Crippen LogP contribution is 2.18. The highest BCUT2D eigenvalue weighted by molar-refractivity contribution is 7.99. The topological polar surface area (TPSA) is 59.8 Å². The summed E-state index contributed by atoms with van der Waals surface area (Å²) in [6.07, 6.45) is 3.35. The number of hydrogen-bond donors (Lipinski definition) is 1. The molecule has 5 nitrogen and oxygen atoms in total. The number of aromatic nitrogens is 3. The van der Waals surface area contributed by atoms with E-state index in [0.29, 0.717) is 0 Å². The molecule has 0 aliphatic rings. The first-order chi connectivity index (χ1) is 10.1. The molecular weight excluding hydrogens is 304 g/mol. The van der Waals surface area contributed by atoms with E-state index < -0.39 is 0 Å². The lowest BCUT2D eigenvalue weighted by Gasteiger charge is -2.11. The number of thiophene rings is 1. The number of nitrogens with zero attached hydrogens (tertiary/aromatic N) is 3. The number of thioether (sulfide) groups is 1. The summed E-state index contributed by atoms with van der Waals surface area (Å²) in [5.41, 5.74) is 0. The van der Waals surface area contributed by atoms with Gasteiger partial charge < -0.3 is 9.88 Å². The van der Waals surface area contributed by atoms with Crippen molar-refractivity contribution in [3.8, 4) is 0 Å². The second-order valence-electron chi connectivity index (χ2n) is 4.41. The molecule has 112 valence electrons. The average molecular weight is 322 g/mol. The summed E-state index contributed by atoms with van der Waals surface area (Å²) in [6, 6.07) is 3.74. The van der Waals surface area contributed by atoms with Gasteiger partial charge >= 0.3 is 0 Å². The number of nitrogens with one attached hydrogen (secondary N) is 1. The molecule has 2 aromatic rings. The van der Waals surface area contributed by atoms with Gasteiger partial charge in [0.2, 0.25) is 5.91 Å². The molecule has 1 atom stereocenters. The molecule has 0 fully saturated rings. The van der Waals surface area contributed by atoms with Gasteiger partial charge in [-0.15, -0.1) is 21.5 Å². The molecule has 7 heteroatoms. The monoisotopic (exact) mass is 322 g/mol. The van der Waals surface area contributed by atoms with Crippen molar-refractivity contribution in [3.05, 3.63) is 34.3 Å². The third-order valence-electron chi connectivity index (χ3n) is 2.83. The van der Waals surface area contributed by atoms with Gasteiger partial charge in [0.25, 0.3) is 0 Å². The zero-order valence-corrected chi connectivity index (χ0v) is 13.9. The summed E-state index contributed by atoms with van der Waals surface area (Å²) in [6.45, 7) is 3.97. The van der Waals surface area contributed by atoms with Crippen molar-refractivity contribution in [2.75, 3.05) is 5.75 Å². The van der Waals surface area contributed by atoms with Gasteiger partial charge in [0.1, 0.15) is 0 Å². The highest BCUT2D eigenvalue weighted by Gasteiger charge is 2.16. The van der Waals surface area contributed by atoms with Crippen LogP contribution in [0.1, 0.15) is 30.6 Å². The van der Waals surface area contributed by atoms with Crippen LogP contribution in [0.3, 0.4) is 0 Å². The molecule has 2 heterocycles. The Kier molecular flexibility index (Phi) is 5.58. The van der Waals surface area contributed by atoms with E-state index in [0.717, 1.165) is 21.6 Å². The molecule has 0 saturated carbocycles. The summed E-state index contributed by atoms with van der Waals surface area (Å²) in [5, 5.41) is 14.0. The third-order valence-corrected chi connectivity index (χ3v) is 4.57. The van der Waals surface area contributed by atoms with E-state index in [9.17, 15) is 4.79 Å². The number of carbonyl (C=O) groups excluding carboxylic acids is 1. The molecule has 0 radical (unpaired) electrons. The predicted octanol–water partition coefficient (Wildman–Crippen LogP) is 2.88.